The first-order chi connectivity index (χ1) is 8.45. The molecule has 0 fully saturated rings. The summed E-state index contributed by atoms with van der Waals surface area (Å²) in [4.78, 5) is 26.4. The Hall–Kier alpha value is -1.17. The Morgan fingerprint density at radius 3 is 2.78 bits per heavy atom. The number of anilines is 1. The number of thiazole rings is 1. The Morgan fingerprint density at radius 2 is 2.11 bits per heavy atom. The highest BCUT2D eigenvalue weighted by atomic mass is 35.5. The van der Waals surface area contributed by atoms with Gasteiger partial charge in [0.2, 0.25) is 5.91 Å². The van der Waals surface area contributed by atoms with Gasteiger partial charge in [-0.2, -0.15) is 0 Å². The maximum absolute atomic E-state index is 11.4. The predicted octanol–water partition coefficient (Wildman–Crippen LogP) is 3.52. The summed E-state index contributed by atoms with van der Waals surface area (Å²) in [5, 5.41) is 3.90. The lowest BCUT2D eigenvalue weighted by molar-refractivity contribution is -0.124. The number of amides is 1. The Balaban J connectivity index is 2.28. The van der Waals surface area contributed by atoms with Crippen LogP contribution in [0.25, 0.3) is 10.2 Å². The van der Waals surface area contributed by atoms with Gasteiger partial charge in [-0.25, -0.2) is 4.98 Å². The zero-order valence-corrected chi connectivity index (χ0v) is 11.6. The molecule has 0 aliphatic heterocycles. The predicted molar refractivity (Wildman–Crippen MR) is 73.6 cm³/mol. The summed E-state index contributed by atoms with van der Waals surface area (Å²) in [6.45, 7) is 1.36. The molecule has 4 nitrogen and oxygen atoms in total. The number of nitrogens with zero attached hydrogens (tertiary/aromatic N) is 1. The number of Topliss-reactive ketones (excluding diaryl/α,β-unsaturated/α-hetero) is 1. The fraction of sp³-hybridized carbons (Fsp3) is 0.182. The number of aromatic nitrogens is 1. The maximum atomic E-state index is 11.4. The minimum Gasteiger partial charge on any atom is -0.302 e. The van der Waals surface area contributed by atoms with Crippen molar-refractivity contribution in [2.45, 2.75) is 13.3 Å². The van der Waals surface area contributed by atoms with Crippen molar-refractivity contribution in [2.24, 2.45) is 0 Å². The first kappa shape index (κ1) is 13.3. The van der Waals surface area contributed by atoms with Crippen LogP contribution in [0.15, 0.2) is 12.1 Å². The van der Waals surface area contributed by atoms with Crippen LogP contribution >= 0.6 is 34.5 Å². The molecule has 0 saturated carbocycles. The number of halogens is 2. The van der Waals surface area contributed by atoms with Crippen LogP contribution in [-0.2, 0) is 9.59 Å². The summed E-state index contributed by atoms with van der Waals surface area (Å²) < 4.78 is 0.783. The van der Waals surface area contributed by atoms with Crippen LogP contribution in [0, 0.1) is 0 Å². The monoisotopic (exact) mass is 302 g/mol. The molecule has 0 aliphatic rings. The molecule has 0 bridgehead atoms. The SMILES string of the molecule is CC(=O)CC(=O)Nc1nc2c(Cl)cc(Cl)cc2s1. The average Bonchev–Trinajstić information content (AvgIpc) is 2.58. The molecule has 0 saturated heterocycles. The second-order valence-corrected chi connectivity index (χ2v) is 5.55. The quantitative estimate of drug-likeness (QED) is 0.883. The van der Waals surface area contributed by atoms with Gasteiger partial charge in [-0.1, -0.05) is 34.5 Å². The van der Waals surface area contributed by atoms with Crippen LogP contribution in [0.3, 0.4) is 0 Å². The zero-order chi connectivity index (χ0) is 13.3. The van der Waals surface area contributed by atoms with E-state index in [-0.39, 0.29) is 18.1 Å². The van der Waals surface area contributed by atoms with Crippen molar-refractivity contribution < 1.29 is 9.59 Å². The number of fused-ring (bicyclic) bond motifs is 1. The minimum absolute atomic E-state index is 0.162. The van der Waals surface area contributed by atoms with E-state index in [2.05, 4.69) is 10.3 Å². The van der Waals surface area contributed by atoms with Gasteiger partial charge in [0.15, 0.2) is 5.13 Å². The van der Waals surface area contributed by atoms with Gasteiger partial charge in [0, 0.05) is 5.02 Å². The van der Waals surface area contributed by atoms with E-state index in [1.807, 2.05) is 0 Å². The summed E-state index contributed by atoms with van der Waals surface area (Å²) in [7, 11) is 0. The molecule has 94 valence electrons. The van der Waals surface area contributed by atoms with Crippen molar-refractivity contribution in [3.63, 3.8) is 0 Å². The number of benzene rings is 1. The van der Waals surface area contributed by atoms with Crippen molar-refractivity contribution in [1.82, 2.24) is 4.98 Å². The molecule has 0 atom stereocenters. The lowest BCUT2D eigenvalue weighted by atomic mass is 10.3. The van der Waals surface area contributed by atoms with E-state index in [9.17, 15) is 9.59 Å². The highest BCUT2D eigenvalue weighted by molar-refractivity contribution is 7.22. The molecule has 1 amide bonds. The number of rotatable bonds is 3. The van der Waals surface area contributed by atoms with E-state index >= 15 is 0 Å². The van der Waals surface area contributed by atoms with Crippen LogP contribution < -0.4 is 5.32 Å². The van der Waals surface area contributed by atoms with Crippen LogP contribution in [0.4, 0.5) is 5.13 Å². The molecule has 1 aromatic heterocycles. The summed E-state index contributed by atoms with van der Waals surface area (Å²) in [5.41, 5.74) is 0.587. The molecular weight excluding hydrogens is 295 g/mol. The van der Waals surface area contributed by atoms with Gasteiger partial charge in [0.25, 0.3) is 0 Å². The number of nitrogens with one attached hydrogen (secondary N) is 1. The molecule has 2 rings (SSSR count). The first-order valence-electron chi connectivity index (χ1n) is 5.00. The normalized spacial score (nSPS) is 10.6. The Kier molecular flexibility index (Phi) is 3.85. The average molecular weight is 303 g/mol. The standard InChI is InChI=1S/C11H8Cl2N2O2S/c1-5(16)2-9(17)14-11-15-10-7(13)3-6(12)4-8(10)18-11/h3-4H,2H2,1H3,(H,14,15,17). The van der Waals surface area contributed by atoms with Gasteiger partial charge in [0.05, 0.1) is 16.1 Å². The Bertz CT molecular complexity index is 639. The molecule has 2 aromatic rings. The highest BCUT2D eigenvalue weighted by Gasteiger charge is 2.12. The Labute approximate surface area is 117 Å². The second-order valence-electron chi connectivity index (χ2n) is 3.68. The lowest BCUT2D eigenvalue weighted by Crippen LogP contribution is -2.14. The van der Waals surface area contributed by atoms with E-state index in [1.54, 1.807) is 12.1 Å². The molecule has 0 unspecified atom stereocenters. The molecular formula is C11H8Cl2N2O2S. The van der Waals surface area contributed by atoms with E-state index in [0.717, 1.165) is 4.70 Å². The van der Waals surface area contributed by atoms with Crippen molar-refractivity contribution >= 4 is 61.6 Å². The minimum atomic E-state index is -0.385. The topological polar surface area (TPSA) is 59.1 Å². The molecule has 0 radical (unpaired) electrons. The Morgan fingerprint density at radius 1 is 1.39 bits per heavy atom. The van der Waals surface area contributed by atoms with Gasteiger partial charge < -0.3 is 5.32 Å². The molecule has 1 N–H and O–H groups in total. The molecule has 18 heavy (non-hydrogen) atoms. The second kappa shape index (κ2) is 5.22. The van der Waals surface area contributed by atoms with Gasteiger partial charge in [-0.05, 0) is 19.1 Å². The molecule has 0 spiro atoms. The molecule has 7 heteroatoms. The van der Waals surface area contributed by atoms with Crippen molar-refractivity contribution in [1.29, 1.82) is 0 Å². The van der Waals surface area contributed by atoms with Crippen LogP contribution in [-0.4, -0.2) is 16.7 Å². The number of carbonyl (C=O) groups is 2. The van der Waals surface area contributed by atoms with Crippen molar-refractivity contribution in [3.8, 4) is 0 Å². The smallest absolute Gasteiger partial charge is 0.233 e. The fourth-order valence-electron chi connectivity index (χ4n) is 1.40. The third-order valence-corrected chi connectivity index (χ3v) is 3.49. The maximum Gasteiger partial charge on any atom is 0.233 e. The van der Waals surface area contributed by atoms with Gasteiger partial charge in [0.1, 0.15) is 11.3 Å². The molecule has 1 aromatic carbocycles. The van der Waals surface area contributed by atoms with Gasteiger partial charge in [-0.3, -0.25) is 9.59 Å². The van der Waals surface area contributed by atoms with E-state index in [4.69, 9.17) is 23.2 Å². The van der Waals surface area contributed by atoms with Crippen molar-refractivity contribution in [2.75, 3.05) is 5.32 Å². The van der Waals surface area contributed by atoms with E-state index < -0.39 is 0 Å². The molecule has 1 heterocycles. The largest absolute Gasteiger partial charge is 0.302 e. The van der Waals surface area contributed by atoms with Crippen LogP contribution in [0.2, 0.25) is 10.0 Å². The number of carbonyl (C=O) groups excluding carboxylic acids is 2. The van der Waals surface area contributed by atoms with E-state index in [1.165, 1.54) is 18.3 Å². The van der Waals surface area contributed by atoms with Gasteiger partial charge in [-0.15, -0.1) is 0 Å². The number of hydrogen-bond donors (Lipinski definition) is 1. The first-order valence-corrected chi connectivity index (χ1v) is 6.58. The third kappa shape index (κ3) is 2.98. The number of hydrogen-bond acceptors (Lipinski definition) is 4. The summed E-state index contributed by atoms with van der Waals surface area (Å²) in [6, 6.07) is 3.31. The third-order valence-electron chi connectivity index (χ3n) is 2.07. The molecule has 0 aliphatic carbocycles. The van der Waals surface area contributed by atoms with Gasteiger partial charge >= 0.3 is 0 Å². The van der Waals surface area contributed by atoms with Crippen LogP contribution in [0.5, 0.6) is 0 Å². The fourth-order valence-corrected chi connectivity index (χ4v) is 3.00. The summed E-state index contributed by atoms with van der Waals surface area (Å²) in [6.07, 6.45) is -0.162. The van der Waals surface area contributed by atoms with E-state index in [0.29, 0.717) is 20.7 Å². The summed E-state index contributed by atoms with van der Waals surface area (Å²) in [5.74, 6) is -0.585. The lowest BCUT2D eigenvalue weighted by Gasteiger charge is -1.97. The van der Waals surface area contributed by atoms with Crippen molar-refractivity contribution in [3.05, 3.63) is 22.2 Å². The zero-order valence-electron chi connectivity index (χ0n) is 9.29. The number of ketones is 1. The van der Waals surface area contributed by atoms with Crippen LogP contribution in [0.1, 0.15) is 13.3 Å². The highest BCUT2D eigenvalue weighted by Crippen LogP contribution is 2.33. The summed E-state index contributed by atoms with van der Waals surface area (Å²) >= 11 is 13.1.